The molecule has 0 saturated carbocycles. The average Bonchev–Trinajstić information content (AvgIpc) is 2.42. The van der Waals surface area contributed by atoms with Gasteiger partial charge in [-0.2, -0.15) is 0 Å². The highest BCUT2D eigenvalue weighted by Crippen LogP contribution is 2.19. The highest BCUT2D eigenvalue weighted by atomic mass is 19.1. The molecule has 102 valence electrons. The van der Waals surface area contributed by atoms with Gasteiger partial charge in [0.2, 0.25) is 11.8 Å². The van der Waals surface area contributed by atoms with Crippen LogP contribution in [0.3, 0.4) is 0 Å². The molecule has 1 aliphatic rings. The largest absolute Gasteiger partial charge is 0.366 e. The van der Waals surface area contributed by atoms with Crippen LogP contribution < -0.4 is 16.4 Å². The van der Waals surface area contributed by atoms with Gasteiger partial charge in [-0.1, -0.05) is 0 Å². The minimum absolute atomic E-state index is 0.000155. The van der Waals surface area contributed by atoms with E-state index in [9.17, 15) is 14.0 Å². The number of piperidine rings is 1. The van der Waals surface area contributed by atoms with Gasteiger partial charge in [-0.25, -0.2) is 4.39 Å². The van der Waals surface area contributed by atoms with Gasteiger partial charge in [0.1, 0.15) is 5.82 Å². The summed E-state index contributed by atoms with van der Waals surface area (Å²) in [5.74, 6) is -1.58. The van der Waals surface area contributed by atoms with Crippen LogP contribution in [-0.2, 0) is 4.79 Å². The molecule has 6 heteroatoms. The van der Waals surface area contributed by atoms with Crippen LogP contribution in [0.4, 0.5) is 10.1 Å². The van der Waals surface area contributed by atoms with E-state index in [1.54, 1.807) is 0 Å². The molecule has 0 unspecified atom stereocenters. The fourth-order valence-electron chi connectivity index (χ4n) is 2.09. The zero-order valence-electron chi connectivity index (χ0n) is 10.4. The van der Waals surface area contributed by atoms with Crippen molar-refractivity contribution >= 4 is 17.5 Å². The zero-order chi connectivity index (χ0) is 13.8. The molecule has 2 amide bonds. The number of rotatable bonds is 3. The Hall–Kier alpha value is -1.95. The maximum Gasteiger partial charge on any atom is 0.248 e. The second-order valence-corrected chi connectivity index (χ2v) is 4.57. The first-order valence-corrected chi connectivity index (χ1v) is 6.19. The summed E-state index contributed by atoms with van der Waals surface area (Å²) in [5, 5.41) is 5.68. The van der Waals surface area contributed by atoms with Crippen molar-refractivity contribution < 1.29 is 14.0 Å². The van der Waals surface area contributed by atoms with E-state index in [0.717, 1.165) is 32.0 Å². The highest BCUT2D eigenvalue weighted by molar-refractivity contribution is 5.97. The van der Waals surface area contributed by atoms with Gasteiger partial charge >= 0.3 is 0 Å². The monoisotopic (exact) mass is 265 g/mol. The zero-order valence-corrected chi connectivity index (χ0v) is 10.4. The fourth-order valence-corrected chi connectivity index (χ4v) is 2.09. The first-order valence-electron chi connectivity index (χ1n) is 6.19. The summed E-state index contributed by atoms with van der Waals surface area (Å²) < 4.78 is 13.6. The van der Waals surface area contributed by atoms with Crippen molar-refractivity contribution in [3.63, 3.8) is 0 Å². The first-order chi connectivity index (χ1) is 9.08. The van der Waals surface area contributed by atoms with Crippen molar-refractivity contribution in [3.8, 4) is 0 Å². The van der Waals surface area contributed by atoms with Crippen LogP contribution in [0.25, 0.3) is 0 Å². The van der Waals surface area contributed by atoms with Gasteiger partial charge < -0.3 is 16.4 Å². The van der Waals surface area contributed by atoms with E-state index in [1.165, 1.54) is 12.1 Å². The van der Waals surface area contributed by atoms with Gasteiger partial charge in [0.05, 0.1) is 5.69 Å². The maximum absolute atomic E-state index is 13.6. The molecule has 1 aromatic carbocycles. The SMILES string of the molecule is NC(=O)c1ccc(F)c(NC(=O)C2CCNCC2)c1. The lowest BCUT2D eigenvalue weighted by atomic mass is 9.97. The van der Waals surface area contributed by atoms with Crippen LogP contribution in [0.2, 0.25) is 0 Å². The van der Waals surface area contributed by atoms with Crippen LogP contribution in [0.5, 0.6) is 0 Å². The average molecular weight is 265 g/mol. The molecular formula is C13H16FN3O2. The number of hydrogen-bond donors (Lipinski definition) is 3. The van der Waals surface area contributed by atoms with Gasteiger partial charge in [-0.3, -0.25) is 9.59 Å². The van der Waals surface area contributed by atoms with Crippen LogP contribution in [0.15, 0.2) is 18.2 Å². The van der Waals surface area contributed by atoms with E-state index in [1.807, 2.05) is 0 Å². The molecule has 0 spiro atoms. The Kier molecular flexibility index (Phi) is 4.11. The second-order valence-electron chi connectivity index (χ2n) is 4.57. The lowest BCUT2D eigenvalue weighted by molar-refractivity contribution is -0.120. The van der Waals surface area contributed by atoms with Gasteiger partial charge in [-0.05, 0) is 44.1 Å². The standard InChI is InChI=1S/C13H16FN3O2/c14-10-2-1-9(12(15)18)7-11(10)17-13(19)8-3-5-16-6-4-8/h1-2,7-8,16H,3-6H2,(H2,15,18)(H,17,19). The predicted molar refractivity (Wildman–Crippen MR) is 69.1 cm³/mol. The van der Waals surface area contributed by atoms with E-state index in [2.05, 4.69) is 10.6 Å². The maximum atomic E-state index is 13.6. The van der Waals surface area contributed by atoms with Crippen molar-refractivity contribution in [2.45, 2.75) is 12.8 Å². The molecule has 1 aromatic rings. The van der Waals surface area contributed by atoms with E-state index >= 15 is 0 Å². The molecule has 0 bridgehead atoms. The van der Waals surface area contributed by atoms with Crippen molar-refractivity contribution in [3.05, 3.63) is 29.6 Å². The van der Waals surface area contributed by atoms with Crippen LogP contribution in [-0.4, -0.2) is 24.9 Å². The molecular weight excluding hydrogens is 249 g/mol. The molecule has 4 N–H and O–H groups in total. The van der Waals surface area contributed by atoms with Crippen LogP contribution >= 0.6 is 0 Å². The number of carbonyl (C=O) groups is 2. The first kappa shape index (κ1) is 13.5. The van der Waals surface area contributed by atoms with E-state index in [0.29, 0.717) is 0 Å². The Morgan fingerprint density at radius 2 is 2.00 bits per heavy atom. The molecule has 1 saturated heterocycles. The van der Waals surface area contributed by atoms with Gasteiger partial charge in [0.15, 0.2) is 0 Å². The van der Waals surface area contributed by atoms with Crippen molar-refractivity contribution in [1.29, 1.82) is 0 Å². The predicted octanol–water partition coefficient (Wildman–Crippen LogP) is 0.863. The van der Waals surface area contributed by atoms with E-state index < -0.39 is 11.7 Å². The summed E-state index contributed by atoms with van der Waals surface area (Å²) in [4.78, 5) is 23.0. The number of nitrogens with one attached hydrogen (secondary N) is 2. The quantitative estimate of drug-likeness (QED) is 0.758. The second kappa shape index (κ2) is 5.79. The van der Waals surface area contributed by atoms with Gasteiger partial charge in [0.25, 0.3) is 0 Å². The highest BCUT2D eigenvalue weighted by Gasteiger charge is 2.22. The van der Waals surface area contributed by atoms with Gasteiger partial charge in [0, 0.05) is 11.5 Å². The van der Waals surface area contributed by atoms with Crippen molar-refractivity contribution in [2.24, 2.45) is 11.7 Å². The number of amides is 2. The minimum atomic E-state index is -0.655. The molecule has 0 atom stereocenters. The summed E-state index contributed by atoms with van der Waals surface area (Å²) in [7, 11) is 0. The summed E-state index contributed by atoms with van der Waals surface area (Å²) in [6.07, 6.45) is 1.45. The van der Waals surface area contributed by atoms with Gasteiger partial charge in [-0.15, -0.1) is 0 Å². The Morgan fingerprint density at radius 3 is 2.63 bits per heavy atom. The van der Waals surface area contributed by atoms with Crippen LogP contribution in [0, 0.1) is 11.7 Å². The normalized spacial score (nSPS) is 16.1. The molecule has 1 fully saturated rings. The van der Waals surface area contributed by atoms with Crippen molar-refractivity contribution in [2.75, 3.05) is 18.4 Å². The summed E-state index contributed by atoms with van der Waals surface area (Å²) >= 11 is 0. The smallest absolute Gasteiger partial charge is 0.248 e. The van der Waals surface area contributed by atoms with E-state index in [4.69, 9.17) is 5.73 Å². The minimum Gasteiger partial charge on any atom is -0.366 e. The van der Waals surface area contributed by atoms with Crippen LogP contribution in [0.1, 0.15) is 23.2 Å². The molecule has 19 heavy (non-hydrogen) atoms. The fraction of sp³-hybridized carbons (Fsp3) is 0.385. The molecule has 5 nitrogen and oxygen atoms in total. The summed E-state index contributed by atoms with van der Waals surface area (Å²) in [6, 6.07) is 3.67. The summed E-state index contributed by atoms with van der Waals surface area (Å²) in [5.41, 5.74) is 5.29. The molecule has 0 aliphatic carbocycles. The Balaban J connectivity index is 2.11. The lowest BCUT2D eigenvalue weighted by Crippen LogP contribution is -2.34. The number of benzene rings is 1. The lowest BCUT2D eigenvalue weighted by Gasteiger charge is -2.21. The third-order valence-corrected chi connectivity index (χ3v) is 3.22. The molecule has 2 rings (SSSR count). The number of primary amides is 1. The number of nitrogens with two attached hydrogens (primary N) is 1. The number of halogens is 1. The summed E-state index contributed by atoms with van der Waals surface area (Å²) in [6.45, 7) is 1.56. The topological polar surface area (TPSA) is 84.2 Å². The number of carbonyl (C=O) groups excluding carboxylic acids is 2. The third kappa shape index (κ3) is 3.29. The Morgan fingerprint density at radius 1 is 1.32 bits per heavy atom. The molecule has 0 radical (unpaired) electrons. The molecule has 0 aromatic heterocycles. The van der Waals surface area contributed by atoms with E-state index in [-0.39, 0.29) is 23.1 Å². The molecule has 1 heterocycles. The number of anilines is 1. The Bertz CT molecular complexity index is 499. The third-order valence-electron chi connectivity index (χ3n) is 3.22. The Labute approximate surface area is 110 Å². The van der Waals surface area contributed by atoms with Crippen molar-refractivity contribution in [1.82, 2.24) is 5.32 Å². The molecule has 1 aliphatic heterocycles. The number of hydrogen-bond acceptors (Lipinski definition) is 3.